The summed E-state index contributed by atoms with van der Waals surface area (Å²) in [6.07, 6.45) is 1.70. The molecule has 1 aromatic carbocycles. The van der Waals surface area contributed by atoms with Gasteiger partial charge in [-0.05, 0) is 23.3 Å². The van der Waals surface area contributed by atoms with Gasteiger partial charge in [-0.3, -0.25) is 4.79 Å². The molecule has 92 valence electrons. The molecule has 0 saturated carbocycles. The molecule has 0 unspecified atom stereocenters. The van der Waals surface area contributed by atoms with Crippen LogP contribution in [-0.2, 0) is 11.2 Å². The van der Waals surface area contributed by atoms with Gasteiger partial charge in [0.15, 0.2) is 0 Å². The highest BCUT2D eigenvalue weighted by Gasteiger charge is 2.06. The molecule has 0 fully saturated rings. The molecule has 0 aliphatic rings. The third kappa shape index (κ3) is 2.66. The first kappa shape index (κ1) is 12.1. The van der Waals surface area contributed by atoms with Crippen molar-refractivity contribution < 1.29 is 14.6 Å². The predicted molar refractivity (Wildman–Crippen MR) is 67.6 cm³/mol. The van der Waals surface area contributed by atoms with Crippen molar-refractivity contribution in [2.75, 3.05) is 7.11 Å². The minimum atomic E-state index is -0.832. The Kier molecular flexibility index (Phi) is 3.57. The molecular weight excluding hydrogens is 230 g/mol. The summed E-state index contributed by atoms with van der Waals surface area (Å²) in [7, 11) is 1.57. The lowest BCUT2D eigenvalue weighted by atomic mass is 10.0. The molecule has 0 atom stereocenters. The minimum Gasteiger partial charge on any atom is -0.481 e. The Labute approximate surface area is 105 Å². The molecule has 0 spiro atoms. The van der Waals surface area contributed by atoms with Gasteiger partial charge in [0.2, 0.25) is 5.88 Å². The number of nitrogens with zero attached hydrogens (tertiary/aromatic N) is 1. The van der Waals surface area contributed by atoms with E-state index in [1.165, 1.54) is 0 Å². The van der Waals surface area contributed by atoms with Crippen molar-refractivity contribution in [1.82, 2.24) is 4.98 Å². The van der Waals surface area contributed by atoms with Crippen molar-refractivity contribution in [2.45, 2.75) is 6.42 Å². The normalized spacial score (nSPS) is 10.1. The van der Waals surface area contributed by atoms with E-state index < -0.39 is 5.97 Å². The number of ether oxygens (including phenoxy) is 1. The van der Waals surface area contributed by atoms with E-state index in [4.69, 9.17) is 9.84 Å². The molecule has 1 aromatic heterocycles. The summed E-state index contributed by atoms with van der Waals surface area (Å²) in [5.41, 5.74) is 2.62. The maximum atomic E-state index is 10.6. The molecule has 18 heavy (non-hydrogen) atoms. The molecule has 0 saturated heterocycles. The molecule has 2 rings (SSSR count). The van der Waals surface area contributed by atoms with Crippen LogP contribution >= 0.6 is 0 Å². The molecule has 0 aliphatic carbocycles. The Hall–Kier alpha value is -2.36. The van der Waals surface area contributed by atoms with Gasteiger partial charge >= 0.3 is 5.97 Å². The molecule has 4 heteroatoms. The number of carboxylic acid groups (broad SMARTS) is 1. The number of carbonyl (C=O) groups is 1. The van der Waals surface area contributed by atoms with Gasteiger partial charge in [0.05, 0.1) is 13.5 Å². The van der Waals surface area contributed by atoms with E-state index in [1.54, 1.807) is 25.4 Å². The van der Waals surface area contributed by atoms with E-state index in [9.17, 15) is 4.79 Å². The Bertz CT molecular complexity index is 549. The van der Waals surface area contributed by atoms with Crippen LogP contribution in [0.3, 0.4) is 0 Å². The molecule has 1 heterocycles. The molecule has 1 N–H and O–H groups in total. The molecule has 0 aliphatic heterocycles. The van der Waals surface area contributed by atoms with Crippen LogP contribution in [0.2, 0.25) is 0 Å². The number of carboxylic acids is 1. The molecule has 2 aromatic rings. The lowest BCUT2D eigenvalue weighted by Crippen LogP contribution is -1.99. The fourth-order valence-electron chi connectivity index (χ4n) is 1.75. The smallest absolute Gasteiger partial charge is 0.307 e. The quantitative estimate of drug-likeness (QED) is 0.895. The lowest BCUT2D eigenvalue weighted by molar-refractivity contribution is -0.136. The van der Waals surface area contributed by atoms with Gasteiger partial charge in [-0.25, -0.2) is 4.98 Å². The number of rotatable bonds is 4. The largest absolute Gasteiger partial charge is 0.481 e. The average molecular weight is 243 g/mol. The number of hydrogen-bond donors (Lipinski definition) is 1. The molecule has 4 nitrogen and oxygen atoms in total. The van der Waals surface area contributed by atoms with Crippen LogP contribution in [0.15, 0.2) is 42.6 Å². The number of pyridine rings is 1. The Balaban J connectivity index is 2.31. The monoisotopic (exact) mass is 243 g/mol. The van der Waals surface area contributed by atoms with Gasteiger partial charge in [-0.1, -0.05) is 24.3 Å². The predicted octanol–water partition coefficient (Wildman–Crippen LogP) is 2.38. The second-order valence-corrected chi connectivity index (χ2v) is 3.83. The zero-order chi connectivity index (χ0) is 13.0. The van der Waals surface area contributed by atoms with Gasteiger partial charge < -0.3 is 9.84 Å². The zero-order valence-corrected chi connectivity index (χ0v) is 9.96. The standard InChI is InChI=1S/C14H13NO3/c1-18-14-12(3-2-8-15-14)11-6-4-10(5-7-11)9-13(16)17/h2-8H,9H2,1H3,(H,16,17). The van der Waals surface area contributed by atoms with Crippen molar-refractivity contribution in [1.29, 1.82) is 0 Å². The summed E-state index contributed by atoms with van der Waals surface area (Å²) in [5, 5.41) is 8.71. The average Bonchev–Trinajstić information content (AvgIpc) is 2.39. The van der Waals surface area contributed by atoms with Gasteiger partial charge in [0, 0.05) is 11.8 Å². The van der Waals surface area contributed by atoms with E-state index >= 15 is 0 Å². The maximum absolute atomic E-state index is 10.6. The second kappa shape index (κ2) is 5.31. The van der Waals surface area contributed by atoms with Crippen LogP contribution in [0.5, 0.6) is 5.88 Å². The summed E-state index contributed by atoms with van der Waals surface area (Å²) >= 11 is 0. The summed E-state index contributed by atoms with van der Waals surface area (Å²) in [6, 6.07) is 11.1. The van der Waals surface area contributed by atoms with Crippen LogP contribution in [-0.4, -0.2) is 23.2 Å². The first-order valence-electron chi connectivity index (χ1n) is 5.51. The van der Waals surface area contributed by atoms with E-state index in [1.807, 2.05) is 24.3 Å². The van der Waals surface area contributed by atoms with Crippen molar-refractivity contribution in [3.63, 3.8) is 0 Å². The maximum Gasteiger partial charge on any atom is 0.307 e. The fourth-order valence-corrected chi connectivity index (χ4v) is 1.75. The Morgan fingerprint density at radius 1 is 1.28 bits per heavy atom. The van der Waals surface area contributed by atoms with Gasteiger partial charge in [0.1, 0.15) is 0 Å². The zero-order valence-electron chi connectivity index (χ0n) is 9.96. The first-order chi connectivity index (χ1) is 8.70. The third-order valence-corrected chi connectivity index (χ3v) is 2.58. The second-order valence-electron chi connectivity index (χ2n) is 3.83. The highest BCUT2D eigenvalue weighted by atomic mass is 16.5. The summed E-state index contributed by atoms with van der Waals surface area (Å²) in [5.74, 6) is -0.273. The molecule has 0 amide bonds. The van der Waals surface area contributed by atoms with E-state index in [2.05, 4.69) is 4.98 Å². The Morgan fingerprint density at radius 3 is 2.61 bits per heavy atom. The SMILES string of the molecule is COc1ncccc1-c1ccc(CC(=O)O)cc1. The van der Waals surface area contributed by atoms with Crippen LogP contribution in [0.25, 0.3) is 11.1 Å². The number of hydrogen-bond acceptors (Lipinski definition) is 3. The molecule has 0 radical (unpaired) electrons. The van der Waals surface area contributed by atoms with Crippen LogP contribution < -0.4 is 4.74 Å². The Morgan fingerprint density at radius 2 is 2.00 bits per heavy atom. The molecular formula is C14H13NO3. The number of benzene rings is 1. The van der Waals surface area contributed by atoms with E-state index in [0.717, 1.165) is 16.7 Å². The minimum absolute atomic E-state index is 0.0322. The molecule has 0 bridgehead atoms. The summed E-state index contributed by atoms with van der Waals surface area (Å²) in [6.45, 7) is 0. The topological polar surface area (TPSA) is 59.4 Å². The summed E-state index contributed by atoms with van der Waals surface area (Å²) in [4.78, 5) is 14.7. The van der Waals surface area contributed by atoms with Crippen LogP contribution in [0.1, 0.15) is 5.56 Å². The first-order valence-corrected chi connectivity index (χ1v) is 5.51. The highest BCUT2D eigenvalue weighted by molar-refractivity contribution is 5.72. The van der Waals surface area contributed by atoms with Crippen LogP contribution in [0.4, 0.5) is 0 Å². The van der Waals surface area contributed by atoms with Crippen molar-refractivity contribution in [2.24, 2.45) is 0 Å². The highest BCUT2D eigenvalue weighted by Crippen LogP contribution is 2.27. The lowest BCUT2D eigenvalue weighted by Gasteiger charge is -2.07. The van der Waals surface area contributed by atoms with Gasteiger partial charge in [-0.15, -0.1) is 0 Å². The van der Waals surface area contributed by atoms with E-state index in [0.29, 0.717) is 5.88 Å². The van der Waals surface area contributed by atoms with E-state index in [-0.39, 0.29) is 6.42 Å². The van der Waals surface area contributed by atoms with Crippen molar-refractivity contribution in [3.05, 3.63) is 48.2 Å². The summed E-state index contributed by atoms with van der Waals surface area (Å²) < 4.78 is 5.19. The van der Waals surface area contributed by atoms with Crippen molar-refractivity contribution >= 4 is 5.97 Å². The fraction of sp³-hybridized carbons (Fsp3) is 0.143. The van der Waals surface area contributed by atoms with Crippen molar-refractivity contribution in [3.8, 4) is 17.0 Å². The van der Waals surface area contributed by atoms with Gasteiger partial charge in [0.25, 0.3) is 0 Å². The van der Waals surface area contributed by atoms with Crippen LogP contribution in [0, 0.1) is 0 Å². The third-order valence-electron chi connectivity index (χ3n) is 2.58. The number of aromatic nitrogens is 1. The number of aliphatic carboxylic acids is 1. The van der Waals surface area contributed by atoms with Gasteiger partial charge in [-0.2, -0.15) is 0 Å². The number of methoxy groups -OCH3 is 1.